The molecule has 2 heterocycles. The first-order valence-corrected chi connectivity index (χ1v) is 5.99. The van der Waals surface area contributed by atoms with Gasteiger partial charge in [0.1, 0.15) is 10.4 Å². The molecule has 2 nitrogen and oxygen atoms in total. The van der Waals surface area contributed by atoms with Crippen molar-refractivity contribution >= 4 is 15.9 Å². The van der Waals surface area contributed by atoms with Gasteiger partial charge in [0.15, 0.2) is 5.82 Å². The van der Waals surface area contributed by atoms with Crippen LogP contribution in [0.15, 0.2) is 10.8 Å². The highest BCUT2D eigenvalue weighted by Gasteiger charge is 2.45. The van der Waals surface area contributed by atoms with Gasteiger partial charge in [-0.1, -0.05) is 12.8 Å². The van der Waals surface area contributed by atoms with Crippen molar-refractivity contribution in [1.82, 2.24) is 4.98 Å². The molecule has 1 fully saturated rings. The first-order valence-electron chi connectivity index (χ1n) is 5.20. The quantitative estimate of drug-likeness (QED) is 0.677. The molecule has 3 rings (SSSR count). The maximum Gasteiger partial charge on any atom is 0.163 e. The highest BCUT2D eigenvalue weighted by atomic mass is 79.9. The molecule has 0 bridgehead atoms. The number of halogens is 2. The Morgan fingerprint density at radius 2 is 2.13 bits per heavy atom. The van der Waals surface area contributed by atoms with E-state index in [1.165, 1.54) is 12.8 Å². The highest BCUT2D eigenvalue weighted by Crippen LogP contribution is 2.50. The van der Waals surface area contributed by atoms with Crippen LogP contribution in [0, 0.1) is 5.82 Å². The van der Waals surface area contributed by atoms with Crippen molar-refractivity contribution in [2.24, 2.45) is 0 Å². The molecule has 0 radical (unpaired) electrons. The summed E-state index contributed by atoms with van der Waals surface area (Å²) in [6, 6.07) is 0. The second kappa shape index (κ2) is 3.17. The zero-order valence-electron chi connectivity index (χ0n) is 8.22. The Labute approximate surface area is 96.0 Å². The third-order valence-corrected chi connectivity index (χ3v) is 4.09. The van der Waals surface area contributed by atoms with Crippen LogP contribution in [0.25, 0.3) is 0 Å². The van der Waals surface area contributed by atoms with Gasteiger partial charge in [-0.2, -0.15) is 0 Å². The third kappa shape index (κ3) is 1.24. The van der Waals surface area contributed by atoms with Crippen molar-refractivity contribution in [2.45, 2.75) is 31.1 Å². The van der Waals surface area contributed by atoms with Crippen molar-refractivity contribution in [3.8, 4) is 5.75 Å². The maximum atomic E-state index is 14.0. The Kier molecular flexibility index (Phi) is 2.03. The minimum atomic E-state index is -0.230. The van der Waals surface area contributed by atoms with Crippen molar-refractivity contribution in [2.75, 3.05) is 6.61 Å². The zero-order chi connectivity index (χ0) is 10.5. The van der Waals surface area contributed by atoms with E-state index in [0.29, 0.717) is 17.0 Å². The molecule has 0 atom stereocenters. The number of ether oxygens (including phenoxy) is 1. The maximum absolute atomic E-state index is 14.0. The molecule has 0 N–H and O–H groups in total. The molecule has 1 aromatic heterocycles. The second-order valence-electron chi connectivity index (χ2n) is 4.38. The van der Waals surface area contributed by atoms with Gasteiger partial charge in [0, 0.05) is 11.0 Å². The highest BCUT2D eigenvalue weighted by molar-refractivity contribution is 9.10. The summed E-state index contributed by atoms with van der Waals surface area (Å²) >= 11 is 3.14. The predicted molar refractivity (Wildman–Crippen MR) is 57.5 cm³/mol. The van der Waals surface area contributed by atoms with Gasteiger partial charge in [-0.05, 0) is 28.8 Å². The molecule has 15 heavy (non-hydrogen) atoms. The Morgan fingerprint density at radius 1 is 1.40 bits per heavy atom. The van der Waals surface area contributed by atoms with E-state index < -0.39 is 0 Å². The summed E-state index contributed by atoms with van der Waals surface area (Å²) in [5.41, 5.74) is 0.687. The lowest BCUT2D eigenvalue weighted by atomic mass is 9.81. The van der Waals surface area contributed by atoms with E-state index in [2.05, 4.69) is 20.9 Å². The van der Waals surface area contributed by atoms with Gasteiger partial charge in [-0.25, -0.2) is 9.37 Å². The van der Waals surface area contributed by atoms with Crippen LogP contribution < -0.4 is 4.74 Å². The van der Waals surface area contributed by atoms with Crippen molar-refractivity contribution in [3.63, 3.8) is 0 Å². The summed E-state index contributed by atoms with van der Waals surface area (Å²) in [5.74, 6) is 0.407. The van der Waals surface area contributed by atoms with Gasteiger partial charge in [0.05, 0.1) is 12.8 Å². The Hall–Kier alpha value is -0.640. The fourth-order valence-corrected chi connectivity index (χ4v) is 3.09. The fraction of sp³-hybridized carbons (Fsp3) is 0.545. The summed E-state index contributed by atoms with van der Waals surface area (Å²) in [6.45, 7) is 0.622. The smallest absolute Gasteiger partial charge is 0.163 e. The topological polar surface area (TPSA) is 22.1 Å². The number of pyridine rings is 1. The summed E-state index contributed by atoms with van der Waals surface area (Å²) in [7, 11) is 0. The predicted octanol–water partition coefficient (Wildman–Crippen LogP) is 3.19. The minimum absolute atomic E-state index is 0.0646. The molecule has 1 aromatic rings. The molecule has 2 aliphatic rings. The summed E-state index contributed by atoms with van der Waals surface area (Å²) in [4.78, 5) is 3.92. The molecule has 0 saturated heterocycles. The van der Waals surface area contributed by atoms with E-state index in [0.717, 1.165) is 18.4 Å². The molecular weight excluding hydrogens is 261 g/mol. The molecule has 1 spiro atoms. The lowest BCUT2D eigenvalue weighted by Crippen LogP contribution is -2.24. The number of rotatable bonds is 0. The Morgan fingerprint density at radius 3 is 2.87 bits per heavy atom. The third-order valence-electron chi connectivity index (χ3n) is 3.54. The molecular formula is C11H11BrFNO. The van der Waals surface area contributed by atoms with E-state index in [-0.39, 0.29) is 11.2 Å². The molecule has 1 aliphatic heterocycles. The molecule has 0 unspecified atom stereocenters. The van der Waals surface area contributed by atoms with Gasteiger partial charge in [-0.3, -0.25) is 0 Å². The molecule has 1 aliphatic carbocycles. The Balaban J connectivity index is 2.19. The van der Waals surface area contributed by atoms with Gasteiger partial charge in [-0.15, -0.1) is 0 Å². The van der Waals surface area contributed by atoms with Crippen LogP contribution in [-0.2, 0) is 5.41 Å². The monoisotopic (exact) mass is 271 g/mol. The van der Waals surface area contributed by atoms with E-state index >= 15 is 0 Å². The van der Waals surface area contributed by atoms with Gasteiger partial charge in [0.25, 0.3) is 0 Å². The van der Waals surface area contributed by atoms with Crippen LogP contribution in [0.2, 0.25) is 0 Å². The first kappa shape index (κ1) is 9.58. The Bertz CT molecular complexity index is 415. The van der Waals surface area contributed by atoms with E-state index in [1.54, 1.807) is 6.20 Å². The minimum Gasteiger partial charge on any atom is -0.491 e. The second-order valence-corrected chi connectivity index (χ2v) is 5.13. The average molecular weight is 272 g/mol. The summed E-state index contributed by atoms with van der Waals surface area (Å²) in [6.07, 6.45) is 6.03. The lowest BCUT2D eigenvalue weighted by molar-refractivity contribution is 0.266. The standard InChI is InChI=1S/C11H11BrFNO/c12-10-9(13)8-7(5-14-10)15-6-11(8)3-1-2-4-11/h5H,1-4,6H2. The first-order chi connectivity index (χ1) is 7.23. The van der Waals surface area contributed by atoms with E-state index in [1.807, 2.05) is 0 Å². The number of nitrogens with zero attached hydrogens (tertiary/aromatic N) is 1. The van der Waals surface area contributed by atoms with Crippen molar-refractivity contribution < 1.29 is 9.13 Å². The van der Waals surface area contributed by atoms with Crippen LogP contribution in [0.3, 0.4) is 0 Å². The molecule has 1 saturated carbocycles. The molecule has 80 valence electrons. The number of fused-ring (bicyclic) bond motifs is 2. The van der Waals surface area contributed by atoms with Crippen LogP contribution >= 0.6 is 15.9 Å². The normalized spacial score (nSPS) is 21.7. The van der Waals surface area contributed by atoms with Gasteiger partial charge >= 0.3 is 0 Å². The molecule has 0 amide bonds. The van der Waals surface area contributed by atoms with Crippen molar-refractivity contribution in [3.05, 3.63) is 22.2 Å². The number of hydrogen-bond acceptors (Lipinski definition) is 2. The summed E-state index contributed by atoms with van der Waals surface area (Å²) in [5, 5.41) is 0. The van der Waals surface area contributed by atoms with Gasteiger partial charge in [0.2, 0.25) is 0 Å². The van der Waals surface area contributed by atoms with Crippen LogP contribution in [0.1, 0.15) is 31.2 Å². The zero-order valence-corrected chi connectivity index (χ0v) is 9.81. The molecule has 0 aromatic carbocycles. The SMILES string of the molecule is Fc1c(Br)ncc2c1C1(CCCC1)CO2. The fourth-order valence-electron chi connectivity index (χ4n) is 2.79. The van der Waals surface area contributed by atoms with Gasteiger partial charge < -0.3 is 4.74 Å². The van der Waals surface area contributed by atoms with Crippen LogP contribution in [-0.4, -0.2) is 11.6 Å². The molecule has 4 heteroatoms. The number of hydrogen-bond donors (Lipinski definition) is 0. The van der Waals surface area contributed by atoms with Crippen LogP contribution in [0.4, 0.5) is 4.39 Å². The van der Waals surface area contributed by atoms with E-state index in [4.69, 9.17) is 4.74 Å². The average Bonchev–Trinajstić information content (AvgIpc) is 2.83. The summed E-state index contributed by atoms with van der Waals surface area (Å²) < 4.78 is 19.9. The van der Waals surface area contributed by atoms with E-state index in [9.17, 15) is 4.39 Å². The largest absolute Gasteiger partial charge is 0.491 e. The van der Waals surface area contributed by atoms with Crippen molar-refractivity contribution in [1.29, 1.82) is 0 Å². The lowest BCUT2D eigenvalue weighted by Gasteiger charge is -2.21. The van der Waals surface area contributed by atoms with Crippen LogP contribution in [0.5, 0.6) is 5.75 Å². The number of aromatic nitrogens is 1.